The quantitative estimate of drug-likeness (QED) is 0.247. The van der Waals surface area contributed by atoms with Crippen molar-refractivity contribution in [3.05, 3.63) is 117 Å². The topological polar surface area (TPSA) is 50.7 Å². The van der Waals surface area contributed by atoms with Gasteiger partial charge in [-0.05, 0) is 84.3 Å². The molecule has 0 bridgehead atoms. The smallest absolute Gasteiger partial charge is 0.254 e. The van der Waals surface area contributed by atoms with Crippen LogP contribution in [-0.2, 0) is 26.0 Å². The fourth-order valence-electron chi connectivity index (χ4n) is 4.27. The van der Waals surface area contributed by atoms with Crippen LogP contribution in [0.25, 0.3) is 0 Å². The van der Waals surface area contributed by atoms with Gasteiger partial charge in [-0.15, -0.1) is 11.3 Å². The number of nitrogens with zero attached hydrogens (tertiary/aromatic N) is 1. The fraction of sp³-hybridized carbons (Fsp3) is 0.200. The van der Waals surface area contributed by atoms with Gasteiger partial charge in [-0.2, -0.15) is 0 Å². The minimum Gasteiger partial charge on any atom is -0.489 e. The Bertz CT molecular complexity index is 1350. The third kappa shape index (κ3) is 6.04. The largest absolute Gasteiger partial charge is 0.489 e. The maximum Gasteiger partial charge on any atom is 0.254 e. The van der Waals surface area contributed by atoms with Crippen molar-refractivity contribution in [2.24, 2.45) is 4.99 Å². The summed E-state index contributed by atoms with van der Waals surface area (Å²) in [4.78, 5) is 19.3. The lowest BCUT2D eigenvalue weighted by Gasteiger charge is -2.12. The number of amides is 1. The van der Waals surface area contributed by atoms with Gasteiger partial charge in [0.1, 0.15) is 17.4 Å². The Morgan fingerprint density at radius 1 is 0.944 bits per heavy atom. The number of thiophene rings is 1. The first-order chi connectivity index (χ1) is 17.7. The minimum atomic E-state index is -0.0450. The summed E-state index contributed by atoms with van der Waals surface area (Å²) < 4.78 is 5.88. The highest BCUT2D eigenvalue weighted by Gasteiger charge is 2.25. The van der Waals surface area contributed by atoms with Crippen molar-refractivity contribution in [1.29, 1.82) is 0 Å². The van der Waals surface area contributed by atoms with E-state index in [9.17, 15) is 4.79 Å². The fourth-order valence-corrected chi connectivity index (χ4v) is 5.63. The van der Waals surface area contributed by atoms with Crippen LogP contribution < -0.4 is 10.1 Å². The Morgan fingerprint density at radius 2 is 1.69 bits per heavy atom. The molecule has 182 valence electrons. The van der Waals surface area contributed by atoms with Gasteiger partial charge in [0.25, 0.3) is 5.91 Å². The summed E-state index contributed by atoms with van der Waals surface area (Å²) >= 11 is 7.59. The van der Waals surface area contributed by atoms with Crippen LogP contribution in [-0.4, -0.2) is 12.1 Å². The number of halogens is 1. The first-order valence-electron chi connectivity index (χ1n) is 12.1. The Morgan fingerprint density at radius 3 is 2.47 bits per heavy atom. The molecule has 1 aromatic heterocycles. The molecular formula is C30H27ClN2O2S. The van der Waals surface area contributed by atoms with Gasteiger partial charge in [0.2, 0.25) is 0 Å². The second-order valence-corrected chi connectivity index (χ2v) is 10.3. The summed E-state index contributed by atoms with van der Waals surface area (Å²) in [5.41, 5.74) is 5.01. The van der Waals surface area contributed by atoms with Crippen LogP contribution >= 0.6 is 22.9 Å². The zero-order valence-corrected chi connectivity index (χ0v) is 21.4. The molecule has 1 amide bonds. The van der Waals surface area contributed by atoms with Gasteiger partial charge >= 0.3 is 0 Å². The highest BCUT2D eigenvalue weighted by atomic mass is 35.5. The van der Waals surface area contributed by atoms with Gasteiger partial charge in [0.05, 0.1) is 5.56 Å². The Balaban J connectivity index is 1.28. The molecule has 1 aliphatic rings. The molecule has 3 aromatic carbocycles. The van der Waals surface area contributed by atoms with Gasteiger partial charge < -0.3 is 10.1 Å². The standard InChI is InChI=1S/C30H27ClN2O2S/c31-24-14-10-23(11-15-24)20-35-25-16-12-22(13-17-25)19-33-30-28(26-8-4-5-9-27(26)36-30)29(34)32-18-21-6-2-1-3-7-21/h1-3,6-7,10-17,19H,4-5,8-9,18,20H2,(H,32,34). The van der Waals surface area contributed by atoms with Crippen molar-refractivity contribution >= 4 is 40.1 Å². The number of nitrogens with one attached hydrogen (secondary N) is 1. The predicted octanol–water partition coefficient (Wildman–Crippen LogP) is 7.54. The van der Waals surface area contributed by atoms with Crippen LogP contribution in [0.5, 0.6) is 5.75 Å². The second-order valence-electron chi connectivity index (χ2n) is 8.80. The average molecular weight is 515 g/mol. The third-order valence-corrected chi connectivity index (χ3v) is 7.66. The minimum absolute atomic E-state index is 0.0450. The van der Waals surface area contributed by atoms with E-state index in [0.29, 0.717) is 18.2 Å². The first-order valence-corrected chi connectivity index (χ1v) is 13.3. The molecule has 0 spiro atoms. The zero-order chi connectivity index (χ0) is 24.7. The van der Waals surface area contributed by atoms with Crippen molar-refractivity contribution in [2.45, 2.75) is 38.8 Å². The molecule has 0 atom stereocenters. The molecule has 4 nitrogen and oxygen atoms in total. The predicted molar refractivity (Wildman–Crippen MR) is 148 cm³/mol. The number of hydrogen-bond acceptors (Lipinski definition) is 4. The van der Waals surface area contributed by atoms with E-state index < -0.39 is 0 Å². The number of rotatable bonds is 8. The van der Waals surface area contributed by atoms with Crippen molar-refractivity contribution in [2.75, 3.05) is 0 Å². The molecule has 6 heteroatoms. The Labute approximate surface area is 220 Å². The summed E-state index contributed by atoms with van der Waals surface area (Å²) in [6.45, 7) is 0.984. The molecule has 1 N–H and O–H groups in total. The Kier molecular flexibility index (Phi) is 7.79. The Hall–Kier alpha value is -3.41. The van der Waals surface area contributed by atoms with Crippen molar-refractivity contribution in [1.82, 2.24) is 5.32 Å². The molecule has 0 radical (unpaired) electrons. The maximum absolute atomic E-state index is 13.2. The number of aliphatic imine (C=N–C) groups is 1. The molecule has 0 aliphatic heterocycles. The van der Waals surface area contributed by atoms with Crippen molar-refractivity contribution in [3.63, 3.8) is 0 Å². The lowest BCUT2D eigenvalue weighted by Crippen LogP contribution is -2.24. The molecule has 5 rings (SSSR count). The monoisotopic (exact) mass is 514 g/mol. The first kappa shape index (κ1) is 24.3. The van der Waals surface area contributed by atoms with Crippen molar-refractivity contribution in [3.8, 4) is 5.75 Å². The lowest BCUT2D eigenvalue weighted by molar-refractivity contribution is 0.0951. The van der Waals surface area contributed by atoms with E-state index in [4.69, 9.17) is 21.3 Å². The average Bonchev–Trinajstić information content (AvgIpc) is 3.30. The number of carbonyl (C=O) groups excluding carboxylic acids is 1. The van der Waals surface area contributed by atoms with Crippen LogP contribution in [0.4, 0.5) is 5.00 Å². The lowest BCUT2D eigenvalue weighted by atomic mass is 9.95. The van der Waals surface area contributed by atoms with Gasteiger partial charge in [0.15, 0.2) is 0 Å². The number of benzene rings is 3. The number of carbonyl (C=O) groups is 1. The summed E-state index contributed by atoms with van der Waals surface area (Å²) in [6, 6.07) is 25.4. The molecule has 0 saturated carbocycles. The van der Waals surface area contributed by atoms with E-state index in [1.165, 1.54) is 16.9 Å². The van der Waals surface area contributed by atoms with Crippen LogP contribution in [0.2, 0.25) is 5.02 Å². The van der Waals surface area contributed by atoms with E-state index in [-0.39, 0.29) is 5.91 Å². The number of aryl methyl sites for hydroxylation is 1. The SMILES string of the molecule is O=C(NCc1ccccc1)c1c(N=Cc2ccc(OCc3ccc(Cl)cc3)cc2)sc2c1CCCC2. The summed E-state index contributed by atoms with van der Waals surface area (Å²) in [5, 5.41) is 4.60. The molecule has 36 heavy (non-hydrogen) atoms. The van der Waals surface area contributed by atoms with E-state index >= 15 is 0 Å². The van der Waals surface area contributed by atoms with Gasteiger partial charge in [-0.25, -0.2) is 4.99 Å². The van der Waals surface area contributed by atoms with Gasteiger partial charge in [-0.3, -0.25) is 4.79 Å². The molecule has 1 heterocycles. The van der Waals surface area contributed by atoms with E-state index in [1.54, 1.807) is 11.3 Å². The maximum atomic E-state index is 13.2. The van der Waals surface area contributed by atoms with E-state index in [0.717, 1.165) is 52.3 Å². The summed E-state index contributed by atoms with van der Waals surface area (Å²) in [5.74, 6) is 0.742. The zero-order valence-electron chi connectivity index (χ0n) is 19.9. The van der Waals surface area contributed by atoms with Crippen LogP contribution in [0.15, 0.2) is 83.9 Å². The molecule has 0 saturated heterocycles. The molecule has 0 unspecified atom stereocenters. The van der Waals surface area contributed by atoms with Crippen LogP contribution in [0.3, 0.4) is 0 Å². The highest BCUT2D eigenvalue weighted by Crippen LogP contribution is 2.40. The highest BCUT2D eigenvalue weighted by molar-refractivity contribution is 7.16. The van der Waals surface area contributed by atoms with Gasteiger partial charge in [-0.1, -0.05) is 54.1 Å². The number of fused-ring (bicyclic) bond motifs is 1. The number of hydrogen-bond donors (Lipinski definition) is 1. The number of ether oxygens (including phenoxy) is 1. The molecular weight excluding hydrogens is 488 g/mol. The van der Waals surface area contributed by atoms with Crippen LogP contribution in [0, 0.1) is 0 Å². The third-order valence-electron chi connectivity index (χ3n) is 6.21. The molecule has 1 aliphatic carbocycles. The summed E-state index contributed by atoms with van der Waals surface area (Å²) in [7, 11) is 0. The molecule has 4 aromatic rings. The second kappa shape index (κ2) is 11.5. The normalized spacial score (nSPS) is 12.9. The van der Waals surface area contributed by atoms with Gasteiger partial charge in [0, 0.05) is 22.7 Å². The molecule has 0 fully saturated rings. The van der Waals surface area contributed by atoms with Crippen molar-refractivity contribution < 1.29 is 9.53 Å². The van der Waals surface area contributed by atoms with E-state index in [2.05, 4.69) is 5.32 Å². The van der Waals surface area contributed by atoms with Crippen LogP contribution in [0.1, 0.15) is 50.3 Å². The van der Waals surface area contributed by atoms with E-state index in [1.807, 2.05) is 85.1 Å². The summed E-state index contributed by atoms with van der Waals surface area (Å²) in [6.07, 6.45) is 6.07.